The maximum absolute atomic E-state index is 13.2. The molecule has 1 aromatic carbocycles. The van der Waals surface area contributed by atoms with Gasteiger partial charge < -0.3 is 10.0 Å². The number of hydrogen-bond acceptors (Lipinski definition) is 5. The number of hydrogen-bond donors (Lipinski definition) is 1. The molecule has 1 fully saturated rings. The Hall–Kier alpha value is -2.57. The molecule has 0 atom stereocenters. The van der Waals surface area contributed by atoms with Crippen LogP contribution >= 0.6 is 11.3 Å². The number of nitrogens with zero attached hydrogens (tertiary/aromatic N) is 3. The van der Waals surface area contributed by atoms with Gasteiger partial charge in [0.15, 0.2) is 0 Å². The van der Waals surface area contributed by atoms with Crippen LogP contribution in [0.5, 0.6) is 0 Å². The average Bonchev–Trinajstić information content (AvgIpc) is 3.11. The monoisotopic (exact) mass is 409 g/mol. The highest BCUT2D eigenvalue weighted by molar-refractivity contribution is 7.13. The third-order valence-corrected chi connectivity index (χ3v) is 6.19. The number of amides is 1. The summed E-state index contributed by atoms with van der Waals surface area (Å²) in [7, 11) is 0. The molecular formula is C23H27N3O2S. The first-order chi connectivity index (χ1) is 14.0. The Morgan fingerprint density at radius 2 is 2.03 bits per heavy atom. The Morgan fingerprint density at radius 1 is 1.34 bits per heavy atom. The smallest absolute Gasteiger partial charge is 0.266 e. The molecule has 2 aromatic rings. The molecule has 1 aliphatic rings. The molecule has 5 nitrogen and oxygen atoms in total. The summed E-state index contributed by atoms with van der Waals surface area (Å²) >= 11 is 1.41. The number of thiazole rings is 1. The number of benzene rings is 1. The fourth-order valence-corrected chi connectivity index (χ4v) is 4.54. The van der Waals surface area contributed by atoms with Crippen molar-refractivity contribution in [2.24, 2.45) is 4.99 Å². The number of aliphatic imine (C=N–C) groups is 1. The lowest BCUT2D eigenvalue weighted by Gasteiger charge is -2.38. The quantitative estimate of drug-likeness (QED) is 0.572. The van der Waals surface area contributed by atoms with Crippen LogP contribution in [-0.2, 0) is 6.42 Å². The standard InChI is InChI=1S/C23H27N3O2S/c1-4-19(10-13-24-3)20-21(29-17(2)25-20)22(27)26-14-11-23(28,12-15-26)16-18-8-6-5-7-9-18/h4-10,13,28H,3,11-12,14-16H2,1-2H3/b13-10-,19-4+. The number of allylic oxidation sites excluding steroid dienone is 3. The minimum absolute atomic E-state index is 0.0216. The van der Waals surface area contributed by atoms with Gasteiger partial charge in [0, 0.05) is 25.7 Å². The SMILES string of the molecule is C=N/C=C\C(=C/C)c1nc(C)sc1C(=O)N1CCC(O)(Cc2ccccc2)CC1. The highest BCUT2D eigenvalue weighted by Crippen LogP contribution is 2.31. The molecule has 0 spiro atoms. The maximum Gasteiger partial charge on any atom is 0.266 e. The van der Waals surface area contributed by atoms with Crippen LogP contribution in [0.1, 0.15) is 45.7 Å². The molecule has 3 rings (SSSR count). The van der Waals surface area contributed by atoms with E-state index in [1.54, 1.807) is 6.20 Å². The normalized spacial score (nSPS) is 16.9. The van der Waals surface area contributed by atoms with Crippen molar-refractivity contribution in [2.75, 3.05) is 13.1 Å². The molecule has 0 unspecified atom stereocenters. The summed E-state index contributed by atoms with van der Waals surface area (Å²) < 4.78 is 0. The van der Waals surface area contributed by atoms with Gasteiger partial charge in [-0.3, -0.25) is 9.79 Å². The Kier molecular flexibility index (Phi) is 6.77. The second-order valence-electron chi connectivity index (χ2n) is 7.33. The topological polar surface area (TPSA) is 65.8 Å². The maximum atomic E-state index is 13.2. The molecule has 0 saturated carbocycles. The Balaban J connectivity index is 1.73. The lowest BCUT2D eigenvalue weighted by atomic mass is 9.85. The van der Waals surface area contributed by atoms with E-state index < -0.39 is 5.60 Å². The zero-order chi connectivity index (χ0) is 20.9. The fraction of sp³-hybridized carbons (Fsp3) is 0.348. The van der Waals surface area contributed by atoms with Gasteiger partial charge in [-0.2, -0.15) is 0 Å². The van der Waals surface area contributed by atoms with E-state index >= 15 is 0 Å². The van der Waals surface area contributed by atoms with Crippen LogP contribution in [0.4, 0.5) is 0 Å². The zero-order valence-electron chi connectivity index (χ0n) is 17.0. The third kappa shape index (κ3) is 5.08. The number of carbonyl (C=O) groups excluding carboxylic acids is 1. The van der Waals surface area contributed by atoms with E-state index in [0.29, 0.717) is 42.9 Å². The van der Waals surface area contributed by atoms with E-state index in [9.17, 15) is 9.90 Å². The lowest BCUT2D eigenvalue weighted by Crippen LogP contribution is -2.47. The zero-order valence-corrected chi connectivity index (χ0v) is 17.8. The molecule has 0 bridgehead atoms. The molecular weight excluding hydrogens is 382 g/mol. The van der Waals surface area contributed by atoms with Gasteiger partial charge in [-0.15, -0.1) is 11.3 Å². The summed E-state index contributed by atoms with van der Waals surface area (Å²) in [5.41, 5.74) is 1.89. The lowest BCUT2D eigenvalue weighted by molar-refractivity contribution is -0.0161. The van der Waals surface area contributed by atoms with Crippen LogP contribution in [0, 0.1) is 6.92 Å². The van der Waals surface area contributed by atoms with Crippen molar-refractivity contribution in [2.45, 2.75) is 38.7 Å². The summed E-state index contributed by atoms with van der Waals surface area (Å²) in [6.07, 6.45) is 7.08. The molecule has 29 heavy (non-hydrogen) atoms. The molecule has 2 heterocycles. The van der Waals surface area contributed by atoms with Crippen molar-refractivity contribution in [1.82, 2.24) is 9.88 Å². The van der Waals surface area contributed by atoms with Crippen LogP contribution in [0.3, 0.4) is 0 Å². The molecule has 152 valence electrons. The number of piperidine rings is 1. The van der Waals surface area contributed by atoms with E-state index in [-0.39, 0.29) is 5.91 Å². The van der Waals surface area contributed by atoms with Gasteiger partial charge in [0.1, 0.15) is 4.88 Å². The van der Waals surface area contributed by atoms with Crippen LogP contribution < -0.4 is 0 Å². The average molecular weight is 410 g/mol. The van der Waals surface area contributed by atoms with Crippen molar-refractivity contribution in [3.05, 3.63) is 69.8 Å². The van der Waals surface area contributed by atoms with E-state index in [1.807, 2.05) is 61.2 Å². The molecule has 0 aliphatic carbocycles. The van der Waals surface area contributed by atoms with Crippen LogP contribution in [-0.4, -0.2) is 46.3 Å². The summed E-state index contributed by atoms with van der Waals surface area (Å²) in [6, 6.07) is 10.0. The second kappa shape index (κ2) is 9.29. The second-order valence-corrected chi connectivity index (χ2v) is 8.54. The van der Waals surface area contributed by atoms with Gasteiger partial charge in [-0.1, -0.05) is 36.4 Å². The minimum atomic E-state index is -0.766. The van der Waals surface area contributed by atoms with Crippen molar-refractivity contribution in [3.63, 3.8) is 0 Å². The number of likely N-dealkylation sites (tertiary alicyclic amines) is 1. The number of aliphatic hydroxyl groups is 1. The summed E-state index contributed by atoms with van der Waals surface area (Å²) in [5, 5.41) is 11.8. The first-order valence-corrected chi connectivity index (χ1v) is 10.6. The van der Waals surface area contributed by atoms with Crippen molar-refractivity contribution in [1.29, 1.82) is 0 Å². The molecule has 6 heteroatoms. The van der Waals surface area contributed by atoms with Crippen molar-refractivity contribution >= 4 is 29.5 Å². The molecule has 1 amide bonds. The van der Waals surface area contributed by atoms with E-state index in [2.05, 4.69) is 16.7 Å². The Labute approximate surface area is 176 Å². The Bertz CT molecular complexity index is 923. The van der Waals surface area contributed by atoms with Gasteiger partial charge in [0.05, 0.1) is 16.3 Å². The van der Waals surface area contributed by atoms with Crippen LogP contribution in [0.15, 0.2) is 53.7 Å². The van der Waals surface area contributed by atoms with Crippen molar-refractivity contribution in [3.8, 4) is 0 Å². The van der Waals surface area contributed by atoms with Crippen LogP contribution in [0.25, 0.3) is 5.57 Å². The van der Waals surface area contributed by atoms with Gasteiger partial charge >= 0.3 is 0 Å². The fourth-order valence-electron chi connectivity index (χ4n) is 3.63. The predicted octanol–water partition coefficient (Wildman–Crippen LogP) is 4.28. The molecule has 0 radical (unpaired) electrons. The first kappa shape index (κ1) is 21.1. The Morgan fingerprint density at radius 3 is 2.66 bits per heavy atom. The number of rotatable bonds is 6. The summed E-state index contributed by atoms with van der Waals surface area (Å²) in [5.74, 6) is -0.0216. The highest BCUT2D eigenvalue weighted by Gasteiger charge is 2.35. The summed E-state index contributed by atoms with van der Waals surface area (Å²) in [6.45, 7) is 8.35. The number of aromatic nitrogens is 1. The summed E-state index contributed by atoms with van der Waals surface area (Å²) in [4.78, 5) is 24.0. The van der Waals surface area contributed by atoms with Crippen molar-refractivity contribution < 1.29 is 9.90 Å². The molecule has 1 aliphatic heterocycles. The number of carbonyl (C=O) groups is 1. The number of aryl methyl sites for hydroxylation is 1. The van der Waals surface area contributed by atoms with Gasteiger partial charge in [-0.05, 0) is 50.6 Å². The first-order valence-electron chi connectivity index (χ1n) is 9.78. The van der Waals surface area contributed by atoms with E-state index in [0.717, 1.165) is 16.1 Å². The van der Waals surface area contributed by atoms with Crippen LogP contribution in [0.2, 0.25) is 0 Å². The molecule has 1 N–H and O–H groups in total. The minimum Gasteiger partial charge on any atom is -0.389 e. The van der Waals surface area contributed by atoms with Gasteiger partial charge in [-0.25, -0.2) is 4.98 Å². The van der Waals surface area contributed by atoms with Gasteiger partial charge in [0.2, 0.25) is 0 Å². The molecule has 1 saturated heterocycles. The van der Waals surface area contributed by atoms with E-state index in [1.165, 1.54) is 11.3 Å². The third-order valence-electron chi connectivity index (χ3n) is 5.23. The predicted molar refractivity (Wildman–Crippen MR) is 119 cm³/mol. The largest absolute Gasteiger partial charge is 0.389 e. The van der Waals surface area contributed by atoms with E-state index in [4.69, 9.17) is 0 Å². The highest BCUT2D eigenvalue weighted by atomic mass is 32.1. The molecule has 1 aromatic heterocycles. The van der Waals surface area contributed by atoms with Gasteiger partial charge in [0.25, 0.3) is 5.91 Å².